The minimum Gasteiger partial charge on any atom is -0.383 e. The Morgan fingerprint density at radius 2 is 2.19 bits per heavy atom. The van der Waals surface area contributed by atoms with E-state index in [4.69, 9.17) is 10.5 Å². The van der Waals surface area contributed by atoms with E-state index < -0.39 is 11.2 Å². The standard InChI is InChI=1S/C17H24N4O4S/c1-3-8-21-15(18)14(16(23)19-17(21)24)20(9-10-25-2)13(22)7-6-12-5-4-11-26-12/h4-5,11H,3,6-10,18H2,1-2H3,(H,19,23,24). The fraction of sp³-hybridized carbons (Fsp3) is 0.471. The van der Waals surface area contributed by atoms with Crippen molar-refractivity contribution in [2.75, 3.05) is 30.9 Å². The number of hydrogen-bond donors (Lipinski definition) is 2. The van der Waals surface area contributed by atoms with Gasteiger partial charge in [-0.05, 0) is 24.3 Å². The number of aromatic nitrogens is 2. The first-order valence-corrected chi connectivity index (χ1v) is 9.31. The fourth-order valence-corrected chi connectivity index (χ4v) is 3.36. The SMILES string of the molecule is CCCn1c(N)c(N(CCOC)C(=O)CCc2cccs2)c(=O)[nH]c1=O. The van der Waals surface area contributed by atoms with Crippen molar-refractivity contribution in [2.24, 2.45) is 0 Å². The van der Waals surface area contributed by atoms with Crippen LogP contribution >= 0.6 is 11.3 Å². The molecule has 9 heteroatoms. The van der Waals surface area contributed by atoms with Gasteiger partial charge in [-0.3, -0.25) is 19.1 Å². The highest BCUT2D eigenvalue weighted by atomic mass is 32.1. The summed E-state index contributed by atoms with van der Waals surface area (Å²) in [7, 11) is 1.51. The predicted octanol–water partition coefficient (Wildman–Crippen LogP) is 1.20. The molecule has 142 valence electrons. The number of hydrogen-bond acceptors (Lipinski definition) is 6. The zero-order valence-electron chi connectivity index (χ0n) is 15.0. The number of rotatable bonds is 9. The maximum absolute atomic E-state index is 12.8. The summed E-state index contributed by atoms with van der Waals surface area (Å²) >= 11 is 1.57. The second kappa shape index (κ2) is 9.35. The van der Waals surface area contributed by atoms with E-state index in [2.05, 4.69) is 4.98 Å². The number of H-pyrrole nitrogens is 1. The average molecular weight is 380 g/mol. The number of carbonyl (C=O) groups is 1. The third-order valence-corrected chi connectivity index (χ3v) is 4.85. The number of nitrogens with zero attached hydrogens (tertiary/aromatic N) is 2. The first kappa shape index (κ1) is 19.9. The van der Waals surface area contributed by atoms with E-state index in [0.29, 0.717) is 19.4 Å². The molecule has 3 N–H and O–H groups in total. The van der Waals surface area contributed by atoms with Gasteiger partial charge in [0.15, 0.2) is 5.69 Å². The van der Waals surface area contributed by atoms with E-state index >= 15 is 0 Å². The molecule has 2 heterocycles. The Balaban J connectivity index is 2.36. The highest BCUT2D eigenvalue weighted by Gasteiger charge is 2.23. The van der Waals surface area contributed by atoms with E-state index in [9.17, 15) is 14.4 Å². The normalized spacial score (nSPS) is 10.8. The van der Waals surface area contributed by atoms with Gasteiger partial charge in [0.25, 0.3) is 5.56 Å². The summed E-state index contributed by atoms with van der Waals surface area (Å²) in [5, 5.41) is 1.95. The second-order valence-electron chi connectivity index (χ2n) is 5.76. The van der Waals surface area contributed by atoms with Crippen LogP contribution in [0.3, 0.4) is 0 Å². The molecule has 0 unspecified atom stereocenters. The predicted molar refractivity (Wildman–Crippen MR) is 103 cm³/mol. The molecule has 0 fully saturated rings. The highest BCUT2D eigenvalue weighted by molar-refractivity contribution is 7.09. The molecular weight excluding hydrogens is 356 g/mol. The van der Waals surface area contributed by atoms with Crippen LogP contribution < -0.4 is 21.9 Å². The Labute approximate surface area is 155 Å². The van der Waals surface area contributed by atoms with Crippen molar-refractivity contribution in [3.05, 3.63) is 43.2 Å². The van der Waals surface area contributed by atoms with Gasteiger partial charge in [-0.15, -0.1) is 11.3 Å². The number of anilines is 2. The highest BCUT2D eigenvalue weighted by Crippen LogP contribution is 2.19. The molecule has 0 atom stereocenters. The van der Waals surface area contributed by atoms with Crippen molar-refractivity contribution in [1.29, 1.82) is 0 Å². The van der Waals surface area contributed by atoms with Gasteiger partial charge in [0.1, 0.15) is 5.82 Å². The minimum atomic E-state index is -0.666. The zero-order chi connectivity index (χ0) is 19.1. The van der Waals surface area contributed by atoms with Gasteiger partial charge >= 0.3 is 5.69 Å². The topological polar surface area (TPSA) is 110 Å². The molecule has 0 spiro atoms. The average Bonchev–Trinajstić information content (AvgIpc) is 3.12. The second-order valence-corrected chi connectivity index (χ2v) is 6.79. The first-order chi connectivity index (χ1) is 12.5. The number of amides is 1. The van der Waals surface area contributed by atoms with E-state index in [1.165, 1.54) is 16.6 Å². The summed E-state index contributed by atoms with van der Waals surface area (Å²) in [4.78, 5) is 41.8. The maximum Gasteiger partial charge on any atom is 0.330 e. The Morgan fingerprint density at radius 1 is 1.42 bits per heavy atom. The lowest BCUT2D eigenvalue weighted by atomic mass is 10.2. The summed E-state index contributed by atoms with van der Waals surface area (Å²) in [6.45, 7) is 2.68. The quantitative estimate of drug-likeness (QED) is 0.679. The van der Waals surface area contributed by atoms with Crippen LogP contribution in [0, 0.1) is 0 Å². The summed E-state index contributed by atoms with van der Waals surface area (Å²) in [6.07, 6.45) is 1.47. The van der Waals surface area contributed by atoms with Crippen molar-refractivity contribution in [3.63, 3.8) is 0 Å². The molecule has 8 nitrogen and oxygen atoms in total. The van der Waals surface area contributed by atoms with Gasteiger partial charge in [0, 0.05) is 31.5 Å². The molecule has 0 saturated carbocycles. The molecule has 0 saturated heterocycles. The first-order valence-electron chi connectivity index (χ1n) is 8.43. The number of carbonyl (C=O) groups excluding carboxylic acids is 1. The molecule has 2 aromatic heterocycles. The van der Waals surface area contributed by atoms with Crippen LogP contribution in [0.4, 0.5) is 11.5 Å². The monoisotopic (exact) mass is 380 g/mol. The molecule has 2 rings (SSSR count). The van der Waals surface area contributed by atoms with Crippen LogP contribution in [0.15, 0.2) is 27.1 Å². The maximum atomic E-state index is 12.8. The summed E-state index contributed by atoms with van der Waals surface area (Å²) in [5.41, 5.74) is 4.85. The smallest absolute Gasteiger partial charge is 0.330 e. The van der Waals surface area contributed by atoms with Gasteiger partial charge in [0.05, 0.1) is 6.61 Å². The Kier molecular flexibility index (Phi) is 7.16. The van der Waals surface area contributed by atoms with Crippen LogP contribution in [0.1, 0.15) is 24.6 Å². The van der Waals surface area contributed by atoms with Crippen molar-refractivity contribution in [1.82, 2.24) is 9.55 Å². The Hall–Kier alpha value is -2.39. The van der Waals surface area contributed by atoms with E-state index in [0.717, 1.165) is 4.88 Å². The minimum absolute atomic E-state index is 0.00109. The van der Waals surface area contributed by atoms with E-state index in [-0.39, 0.29) is 37.0 Å². The number of methoxy groups -OCH3 is 1. The summed E-state index contributed by atoms with van der Waals surface area (Å²) in [6, 6.07) is 3.89. The molecule has 0 aliphatic rings. The summed E-state index contributed by atoms with van der Waals surface area (Å²) < 4.78 is 6.34. The van der Waals surface area contributed by atoms with Gasteiger partial charge in [0.2, 0.25) is 5.91 Å². The number of nitrogens with one attached hydrogen (secondary N) is 1. The van der Waals surface area contributed by atoms with E-state index in [1.54, 1.807) is 11.3 Å². The Bertz CT molecular complexity index is 841. The number of aryl methyl sites for hydroxylation is 1. The van der Waals surface area contributed by atoms with Crippen LogP contribution in [-0.4, -0.2) is 35.7 Å². The zero-order valence-corrected chi connectivity index (χ0v) is 15.8. The molecule has 0 aromatic carbocycles. The van der Waals surface area contributed by atoms with Crippen LogP contribution in [0.2, 0.25) is 0 Å². The van der Waals surface area contributed by atoms with Gasteiger partial charge in [-0.25, -0.2) is 4.79 Å². The van der Waals surface area contributed by atoms with Gasteiger partial charge < -0.3 is 15.4 Å². The molecule has 1 amide bonds. The van der Waals surface area contributed by atoms with Gasteiger partial charge in [-0.1, -0.05) is 13.0 Å². The number of nitrogens with two attached hydrogens (primary N) is 1. The largest absolute Gasteiger partial charge is 0.383 e. The van der Waals surface area contributed by atoms with Crippen molar-refractivity contribution < 1.29 is 9.53 Å². The molecule has 0 aliphatic carbocycles. The van der Waals surface area contributed by atoms with Crippen molar-refractivity contribution in [3.8, 4) is 0 Å². The molecule has 2 aromatic rings. The number of thiophene rings is 1. The molecule has 0 radical (unpaired) electrons. The number of nitrogen functional groups attached to an aromatic ring is 1. The van der Waals surface area contributed by atoms with Crippen LogP contribution in [-0.2, 0) is 22.5 Å². The summed E-state index contributed by atoms with van der Waals surface area (Å²) in [5.74, 6) is -0.240. The van der Waals surface area contributed by atoms with E-state index in [1.807, 2.05) is 24.4 Å². The lowest BCUT2D eigenvalue weighted by molar-refractivity contribution is -0.118. The molecule has 26 heavy (non-hydrogen) atoms. The molecule has 0 bridgehead atoms. The fourth-order valence-electron chi connectivity index (χ4n) is 2.65. The van der Waals surface area contributed by atoms with Crippen molar-refractivity contribution >= 4 is 28.7 Å². The molecule has 0 aliphatic heterocycles. The number of aromatic amines is 1. The number of ether oxygens (including phenoxy) is 1. The third-order valence-electron chi connectivity index (χ3n) is 3.92. The lowest BCUT2D eigenvalue weighted by Crippen LogP contribution is -2.42. The lowest BCUT2D eigenvalue weighted by Gasteiger charge is -2.24. The van der Waals surface area contributed by atoms with Crippen LogP contribution in [0.25, 0.3) is 0 Å². The van der Waals surface area contributed by atoms with Crippen LogP contribution in [0.5, 0.6) is 0 Å². The third kappa shape index (κ3) is 4.61. The Morgan fingerprint density at radius 3 is 2.81 bits per heavy atom. The van der Waals surface area contributed by atoms with Crippen molar-refractivity contribution in [2.45, 2.75) is 32.7 Å². The molecular formula is C17H24N4O4S. The van der Waals surface area contributed by atoms with Gasteiger partial charge in [-0.2, -0.15) is 0 Å².